The first-order chi connectivity index (χ1) is 14.4. The molecule has 0 fully saturated rings. The fourth-order valence-corrected chi connectivity index (χ4v) is 3.23. The van der Waals surface area contributed by atoms with Crippen molar-refractivity contribution in [1.82, 2.24) is 20.6 Å². The number of ether oxygens (including phenoxy) is 1. The minimum atomic E-state index is -0.484. The number of aryl methyl sites for hydroxylation is 1. The highest BCUT2D eigenvalue weighted by molar-refractivity contribution is 7.98. The summed E-state index contributed by atoms with van der Waals surface area (Å²) >= 11 is 7.46. The monoisotopic (exact) mass is 450 g/mol. The average molecular weight is 451 g/mol. The quantitative estimate of drug-likeness (QED) is 0.325. The van der Waals surface area contributed by atoms with Gasteiger partial charge in [-0.05, 0) is 12.5 Å². The molecule has 0 spiro atoms. The molecule has 30 heavy (non-hydrogen) atoms. The molecule has 0 saturated heterocycles. The summed E-state index contributed by atoms with van der Waals surface area (Å²) in [7, 11) is 1.28. The molecule has 1 aromatic carbocycles. The lowest BCUT2D eigenvalue weighted by Crippen LogP contribution is -2.32. The van der Waals surface area contributed by atoms with E-state index in [1.165, 1.54) is 30.6 Å². The van der Waals surface area contributed by atoms with Gasteiger partial charge in [0.1, 0.15) is 0 Å². The van der Waals surface area contributed by atoms with Crippen LogP contribution in [0.15, 0.2) is 35.6 Å². The Morgan fingerprint density at radius 1 is 1.10 bits per heavy atom. The maximum absolute atomic E-state index is 12.4. The van der Waals surface area contributed by atoms with Crippen molar-refractivity contribution in [3.8, 4) is 0 Å². The minimum absolute atomic E-state index is 0.0594. The number of benzene rings is 1. The Kier molecular flexibility index (Phi) is 9.56. The van der Waals surface area contributed by atoms with Crippen molar-refractivity contribution in [3.63, 3.8) is 0 Å². The van der Waals surface area contributed by atoms with Crippen LogP contribution in [0.3, 0.4) is 0 Å². The number of carbonyl (C=O) groups excluding carboxylic acids is 3. The van der Waals surface area contributed by atoms with Crippen molar-refractivity contribution in [2.24, 2.45) is 0 Å². The lowest BCUT2D eigenvalue weighted by Gasteiger charge is -2.08. The maximum atomic E-state index is 12.4. The zero-order chi connectivity index (χ0) is 21.9. The third kappa shape index (κ3) is 8.00. The van der Waals surface area contributed by atoms with Gasteiger partial charge in [-0.15, -0.1) is 0 Å². The summed E-state index contributed by atoms with van der Waals surface area (Å²) in [6, 6.07) is 8.12. The van der Waals surface area contributed by atoms with Crippen LogP contribution in [0, 0.1) is 6.92 Å². The number of methoxy groups -OCH3 is 1. The van der Waals surface area contributed by atoms with Crippen LogP contribution in [0.2, 0.25) is 5.02 Å². The van der Waals surface area contributed by atoms with Gasteiger partial charge in [0, 0.05) is 25.3 Å². The van der Waals surface area contributed by atoms with E-state index < -0.39 is 11.9 Å². The highest BCUT2D eigenvalue weighted by atomic mass is 35.5. The molecular formula is C20H23ClN4O4S. The molecule has 2 aromatic rings. The second-order valence-corrected chi connectivity index (χ2v) is 7.66. The third-order valence-electron chi connectivity index (χ3n) is 3.94. The number of halogens is 1. The Labute approximate surface area is 184 Å². The van der Waals surface area contributed by atoms with Gasteiger partial charge in [0.25, 0.3) is 5.91 Å². The van der Waals surface area contributed by atoms with E-state index in [1.807, 2.05) is 31.2 Å². The number of thioether (sulfide) groups is 1. The van der Waals surface area contributed by atoms with E-state index in [0.29, 0.717) is 10.9 Å². The molecule has 2 rings (SSSR count). The fraction of sp³-hybridized carbons (Fsp3) is 0.350. The molecule has 0 aliphatic heterocycles. The van der Waals surface area contributed by atoms with Gasteiger partial charge in [-0.3, -0.25) is 14.4 Å². The van der Waals surface area contributed by atoms with E-state index in [9.17, 15) is 14.4 Å². The van der Waals surface area contributed by atoms with Crippen LogP contribution < -0.4 is 10.6 Å². The second-order valence-electron chi connectivity index (χ2n) is 6.31. The fourth-order valence-electron chi connectivity index (χ4n) is 2.28. The number of amides is 2. The molecule has 160 valence electrons. The molecular weight excluding hydrogens is 428 g/mol. The summed E-state index contributed by atoms with van der Waals surface area (Å²) in [6.45, 7) is 2.31. The Bertz CT molecular complexity index is 893. The highest BCUT2D eigenvalue weighted by Crippen LogP contribution is 2.22. The van der Waals surface area contributed by atoms with Crippen molar-refractivity contribution in [2.75, 3.05) is 20.2 Å². The van der Waals surface area contributed by atoms with E-state index in [1.54, 1.807) is 0 Å². The molecule has 0 atom stereocenters. The number of nitrogens with zero attached hydrogens (tertiary/aromatic N) is 2. The first-order valence-corrected chi connectivity index (χ1v) is 10.6. The molecule has 0 aliphatic carbocycles. The summed E-state index contributed by atoms with van der Waals surface area (Å²) in [5.74, 6) is -0.517. The van der Waals surface area contributed by atoms with Crippen molar-refractivity contribution in [1.29, 1.82) is 0 Å². The van der Waals surface area contributed by atoms with Gasteiger partial charge in [0.2, 0.25) is 5.91 Å². The first-order valence-electron chi connectivity index (χ1n) is 9.21. The summed E-state index contributed by atoms with van der Waals surface area (Å²) in [5, 5.41) is 5.75. The Balaban J connectivity index is 1.82. The molecule has 0 unspecified atom stereocenters. The minimum Gasteiger partial charge on any atom is -0.469 e. The SMILES string of the molecule is COC(=O)CCNC(=O)CCNC(=O)c1nc(SCc2ccc(C)cc2)ncc1Cl. The Morgan fingerprint density at radius 2 is 1.80 bits per heavy atom. The maximum Gasteiger partial charge on any atom is 0.307 e. The van der Waals surface area contributed by atoms with E-state index in [2.05, 4.69) is 25.3 Å². The van der Waals surface area contributed by atoms with Crippen LogP contribution in [0.25, 0.3) is 0 Å². The van der Waals surface area contributed by atoms with Crippen LogP contribution in [0.5, 0.6) is 0 Å². The van der Waals surface area contributed by atoms with Gasteiger partial charge in [0.15, 0.2) is 10.9 Å². The smallest absolute Gasteiger partial charge is 0.307 e. The van der Waals surface area contributed by atoms with E-state index in [-0.39, 0.29) is 42.6 Å². The van der Waals surface area contributed by atoms with Gasteiger partial charge in [-0.1, -0.05) is 53.2 Å². The zero-order valence-electron chi connectivity index (χ0n) is 16.7. The molecule has 8 nitrogen and oxygen atoms in total. The standard InChI is InChI=1S/C20H23ClN4O4S/c1-13-3-5-14(6-4-13)12-30-20-24-11-15(21)18(25-20)19(28)23-9-7-16(26)22-10-8-17(27)29-2/h3-6,11H,7-10,12H2,1-2H3,(H,22,26)(H,23,28). The lowest BCUT2D eigenvalue weighted by molar-refractivity contribution is -0.140. The zero-order valence-corrected chi connectivity index (χ0v) is 18.3. The molecule has 10 heteroatoms. The number of hydrogen-bond donors (Lipinski definition) is 2. The predicted molar refractivity (Wildman–Crippen MR) is 114 cm³/mol. The van der Waals surface area contributed by atoms with Gasteiger partial charge < -0.3 is 15.4 Å². The normalized spacial score (nSPS) is 10.4. The van der Waals surface area contributed by atoms with Crippen molar-refractivity contribution < 1.29 is 19.1 Å². The topological polar surface area (TPSA) is 110 Å². The van der Waals surface area contributed by atoms with Crippen LogP contribution in [-0.2, 0) is 20.1 Å². The molecule has 0 saturated carbocycles. The average Bonchev–Trinajstić information content (AvgIpc) is 2.74. The van der Waals surface area contributed by atoms with Gasteiger partial charge in [-0.2, -0.15) is 0 Å². The largest absolute Gasteiger partial charge is 0.469 e. The number of esters is 1. The van der Waals surface area contributed by atoms with Crippen molar-refractivity contribution in [2.45, 2.75) is 30.7 Å². The number of rotatable bonds is 10. The van der Waals surface area contributed by atoms with Gasteiger partial charge in [-0.25, -0.2) is 9.97 Å². The molecule has 0 bridgehead atoms. The molecule has 0 radical (unpaired) electrons. The number of aromatic nitrogens is 2. The van der Waals surface area contributed by atoms with Crippen LogP contribution in [0.4, 0.5) is 0 Å². The van der Waals surface area contributed by atoms with Crippen molar-refractivity contribution in [3.05, 3.63) is 52.3 Å². The van der Waals surface area contributed by atoms with E-state index in [0.717, 1.165) is 5.56 Å². The summed E-state index contributed by atoms with van der Waals surface area (Å²) in [5.41, 5.74) is 2.36. The van der Waals surface area contributed by atoms with Gasteiger partial charge >= 0.3 is 5.97 Å². The Morgan fingerprint density at radius 3 is 2.50 bits per heavy atom. The second kappa shape index (κ2) is 12.1. The molecule has 2 amide bonds. The summed E-state index contributed by atoms with van der Waals surface area (Å²) in [6.07, 6.45) is 1.54. The van der Waals surface area contributed by atoms with Crippen LogP contribution in [0.1, 0.15) is 34.5 Å². The van der Waals surface area contributed by atoms with Crippen molar-refractivity contribution >= 4 is 41.1 Å². The Hall–Kier alpha value is -2.65. The molecule has 0 aliphatic rings. The molecule has 1 heterocycles. The summed E-state index contributed by atoms with van der Waals surface area (Å²) < 4.78 is 4.49. The molecule has 1 aromatic heterocycles. The predicted octanol–water partition coefficient (Wildman–Crippen LogP) is 2.53. The molecule has 2 N–H and O–H groups in total. The third-order valence-corrected chi connectivity index (χ3v) is 5.15. The van der Waals surface area contributed by atoms with E-state index in [4.69, 9.17) is 11.6 Å². The number of hydrogen-bond acceptors (Lipinski definition) is 7. The van der Waals surface area contributed by atoms with Crippen LogP contribution >= 0.6 is 23.4 Å². The highest BCUT2D eigenvalue weighted by Gasteiger charge is 2.15. The van der Waals surface area contributed by atoms with Gasteiger partial charge in [0.05, 0.1) is 24.8 Å². The lowest BCUT2D eigenvalue weighted by atomic mass is 10.2. The first kappa shape index (κ1) is 23.6. The van der Waals surface area contributed by atoms with Crippen LogP contribution in [-0.4, -0.2) is 48.0 Å². The number of nitrogens with one attached hydrogen (secondary N) is 2. The number of carbonyl (C=O) groups is 3. The summed E-state index contributed by atoms with van der Waals surface area (Å²) in [4.78, 5) is 43.5. The van der Waals surface area contributed by atoms with E-state index >= 15 is 0 Å².